The van der Waals surface area contributed by atoms with E-state index in [-0.39, 0.29) is 0 Å². The SMILES string of the molecule is CCNc1nc(-c2ncc[nH]2)nc(C)c1C. The first-order chi connectivity index (χ1) is 7.72. The van der Waals surface area contributed by atoms with Crippen molar-refractivity contribution in [3.8, 4) is 11.6 Å². The third-order valence-electron chi connectivity index (χ3n) is 2.44. The van der Waals surface area contributed by atoms with Crippen molar-refractivity contribution in [3.63, 3.8) is 0 Å². The van der Waals surface area contributed by atoms with Crippen molar-refractivity contribution in [1.82, 2.24) is 19.9 Å². The molecule has 0 radical (unpaired) electrons. The largest absolute Gasteiger partial charge is 0.370 e. The lowest BCUT2D eigenvalue weighted by molar-refractivity contribution is 1.03. The molecule has 0 fully saturated rings. The van der Waals surface area contributed by atoms with Gasteiger partial charge in [-0.3, -0.25) is 0 Å². The molecule has 0 aromatic carbocycles. The van der Waals surface area contributed by atoms with Crippen LogP contribution in [0, 0.1) is 13.8 Å². The summed E-state index contributed by atoms with van der Waals surface area (Å²) in [6.07, 6.45) is 3.46. The van der Waals surface area contributed by atoms with Crippen LogP contribution in [0.5, 0.6) is 0 Å². The van der Waals surface area contributed by atoms with Gasteiger partial charge in [-0.1, -0.05) is 0 Å². The summed E-state index contributed by atoms with van der Waals surface area (Å²) in [5.74, 6) is 2.20. The molecule has 0 atom stereocenters. The molecule has 84 valence electrons. The van der Waals surface area contributed by atoms with Gasteiger partial charge in [0.25, 0.3) is 0 Å². The van der Waals surface area contributed by atoms with Crippen LogP contribution in [0.1, 0.15) is 18.2 Å². The molecule has 2 aromatic heterocycles. The molecule has 0 unspecified atom stereocenters. The van der Waals surface area contributed by atoms with E-state index in [9.17, 15) is 0 Å². The van der Waals surface area contributed by atoms with Crippen molar-refractivity contribution in [2.24, 2.45) is 0 Å². The molecule has 2 N–H and O–H groups in total. The Balaban J connectivity index is 2.48. The van der Waals surface area contributed by atoms with E-state index in [1.165, 1.54) is 0 Å². The lowest BCUT2D eigenvalue weighted by Gasteiger charge is -2.09. The van der Waals surface area contributed by atoms with Gasteiger partial charge in [0.1, 0.15) is 5.82 Å². The Bertz CT molecular complexity index is 475. The molecular formula is C11H15N5. The van der Waals surface area contributed by atoms with E-state index >= 15 is 0 Å². The Hall–Kier alpha value is -1.91. The third-order valence-corrected chi connectivity index (χ3v) is 2.44. The number of aryl methyl sites for hydroxylation is 1. The van der Waals surface area contributed by atoms with Gasteiger partial charge in [-0.2, -0.15) is 0 Å². The number of hydrogen-bond donors (Lipinski definition) is 2. The summed E-state index contributed by atoms with van der Waals surface area (Å²) >= 11 is 0. The Morgan fingerprint density at radius 1 is 1.31 bits per heavy atom. The Morgan fingerprint density at radius 2 is 2.12 bits per heavy atom. The van der Waals surface area contributed by atoms with Gasteiger partial charge in [0.15, 0.2) is 11.6 Å². The normalized spacial score (nSPS) is 10.4. The monoisotopic (exact) mass is 217 g/mol. The van der Waals surface area contributed by atoms with Gasteiger partial charge in [-0.05, 0) is 20.8 Å². The zero-order valence-corrected chi connectivity index (χ0v) is 9.70. The Labute approximate surface area is 94.4 Å². The molecule has 0 aliphatic carbocycles. The van der Waals surface area contributed by atoms with Gasteiger partial charge in [0.2, 0.25) is 0 Å². The van der Waals surface area contributed by atoms with E-state index < -0.39 is 0 Å². The number of aromatic nitrogens is 4. The van der Waals surface area contributed by atoms with Crippen LogP contribution in [0.3, 0.4) is 0 Å². The summed E-state index contributed by atoms with van der Waals surface area (Å²) in [5, 5.41) is 3.23. The van der Waals surface area contributed by atoms with Crippen molar-refractivity contribution in [3.05, 3.63) is 23.7 Å². The minimum Gasteiger partial charge on any atom is -0.370 e. The van der Waals surface area contributed by atoms with Crippen LogP contribution >= 0.6 is 0 Å². The predicted octanol–water partition coefficient (Wildman–Crippen LogP) is 1.92. The van der Waals surface area contributed by atoms with E-state index in [1.807, 2.05) is 20.8 Å². The summed E-state index contributed by atoms with van der Waals surface area (Å²) in [6, 6.07) is 0. The molecular weight excluding hydrogens is 202 g/mol. The molecule has 2 heterocycles. The molecule has 0 amide bonds. The van der Waals surface area contributed by atoms with Crippen LogP contribution in [-0.2, 0) is 0 Å². The summed E-state index contributed by atoms with van der Waals surface area (Å²) < 4.78 is 0. The topological polar surface area (TPSA) is 66.5 Å². The van der Waals surface area contributed by atoms with Crippen molar-refractivity contribution in [2.45, 2.75) is 20.8 Å². The highest BCUT2D eigenvalue weighted by Crippen LogP contribution is 2.18. The fourth-order valence-electron chi connectivity index (χ4n) is 1.46. The van der Waals surface area contributed by atoms with Crippen molar-refractivity contribution < 1.29 is 0 Å². The van der Waals surface area contributed by atoms with Crippen LogP contribution in [0.15, 0.2) is 12.4 Å². The highest BCUT2D eigenvalue weighted by molar-refractivity contribution is 5.53. The Morgan fingerprint density at radius 3 is 2.75 bits per heavy atom. The second-order valence-corrected chi connectivity index (χ2v) is 3.57. The maximum atomic E-state index is 4.45. The van der Waals surface area contributed by atoms with E-state index in [0.29, 0.717) is 11.6 Å². The van der Waals surface area contributed by atoms with Crippen molar-refractivity contribution in [1.29, 1.82) is 0 Å². The van der Waals surface area contributed by atoms with E-state index in [1.54, 1.807) is 12.4 Å². The summed E-state index contributed by atoms with van der Waals surface area (Å²) in [6.45, 7) is 6.88. The van der Waals surface area contributed by atoms with Crippen molar-refractivity contribution >= 4 is 5.82 Å². The standard InChI is InChI=1S/C11H15N5/c1-4-12-9-7(2)8(3)15-11(16-9)10-13-5-6-14-10/h5-6H,4H2,1-3H3,(H,13,14)(H,12,15,16). The highest BCUT2D eigenvalue weighted by Gasteiger charge is 2.10. The number of nitrogens with zero attached hydrogens (tertiary/aromatic N) is 3. The number of aromatic amines is 1. The smallest absolute Gasteiger partial charge is 0.197 e. The predicted molar refractivity (Wildman–Crippen MR) is 63.3 cm³/mol. The third kappa shape index (κ3) is 1.88. The van der Waals surface area contributed by atoms with Crippen LogP contribution in [0.25, 0.3) is 11.6 Å². The second-order valence-electron chi connectivity index (χ2n) is 3.57. The minimum absolute atomic E-state index is 0.629. The fraction of sp³-hybridized carbons (Fsp3) is 0.364. The van der Waals surface area contributed by atoms with E-state index in [0.717, 1.165) is 23.6 Å². The molecule has 0 aliphatic rings. The molecule has 2 aromatic rings. The molecule has 0 bridgehead atoms. The number of rotatable bonds is 3. The first kappa shape index (κ1) is 10.6. The molecule has 0 saturated heterocycles. The minimum atomic E-state index is 0.629. The van der Waals surface area contributed by atoms with Gasteiger partial charge in [0, 0.05) is 30.2 Å². The van der Waals surface area contributed by atoms with Crippen LogP contribution in [0.2, 0.25) is 0 Å². The zero-order chi connectivity index (χ0) is 11.5. The van der Waals surface area contributed by atoms with E-state index in [2.05, 4.69) is 25.3 Å². The summed E-state index contributed by atoms with van der Waals surface area (Å²) in [5.41, 5.74) is 2.05. The number of nitrogens with one attached hydrogen (secondary N) is 2. The fourth-order valence-corrected chi connectivity index (χ4v) is 1.46. The van der Waals surface area contributed by atoms with Crippen LogP contribution in [0.4, 0.5) is 5.82 Å². The zero-order valence-electron chi connectivity index (χ0n) is 9.70. The Kier molecular flexibility index (Phi) is 2.85. The van der Waals surface area contributed by atoms with Gasteiger partial charge in [0.05, 0.1) is 0 Å². The molecule has 5 heteroatoms. The first-order valence-corrected chi connectivity index (χ1v) is 5.31. The maximum absolute atomic E-state index is 4.45. The molecule has 5 nitrogen and oxygen atoms in total. The van der Waals surface area contributed by atoms with E-state index in [4.69, 9.17) is 0 Å². The average Bonchev–Trinajstić information content (AvgIpc) is 2.78. The lowest BCUT2D eigenvalue weighted by Crippen LogP contribution is -2.06. The van der Waals surface area contributed by atoms with Gasteiger partial charge < -0.3 is 10.3 Å². The highest BCUT2D eigenvalue weighted by atomic mass is 15.1. The van der Waals surface area contributed by atoms with Crippen LogP contribution in [-0.4, -0.2) is 26.5 Å². The van der Waals surface area contributed by atoms with Crippen molar-refractivity contribution in [2.75, 3.05) is 11.9 Å². The molecule has 16 heavy (non-hydrogen) atoms. The average molecular weight is 217 g/mol. The summed E-state index contributed by atoms with van der Waals surface area (Å²) in [7, 11) is 0. The molecule has 0 aliphatic heterocycles. The molecule has 2 rings (SSSR count). The molecule has 0 spiro atoms. The maximum Gasteiger partial charge on any atom is 0.197 e. The molecule has 0 saturated carbocycles. The second kappa shape index (κ2) is 4.30. The number of hydrogen-bond acceptors (Lipinski definition) is 4. The van der Waals surface area contributed by atoms with Gasteiger partial charge in [-0.15, -0.1) is 0 Å². The summed E-state index contributed by atoms with van der Waals surface area (Å²) in [4.78, 5) is 16.0. The van der Waals surface area contributed by atoms with Gasteiger partial charge >= 0.3 is 0 Å². The number of H-pyrrole nitrogens is 1. The van der Waals surface area contributed by atoms with Gasteiger partial charge in [-0.25, -0.2) is 15.0 Å². The number of imidazole rings is 1. The lowest BCUT2D eigenvalue weighted by atomic mass is 10.2. The number of anilines is 1. The van der Waals surface area contributed by atoms with Crippen LogP contribution < -0.4 is 5.32 Å². The quantitative estimate of drug-likeness (QED) is 0.824. The first-order valence-electron chi connectivity index (χ1n) is 5.31.